The molecular formula is C12H12BrClN2O3. The molecule has 1 aromatic heterocycles. The lowest BCUT2D eigenvalue weighted by molar-refractivity contribution is -0.145. The molecule has 1 heterocycles. The van der Waals surface area contributed by atoms with Gasteiger partial charge < -0.3 is 10.4 Å². The second-order valence-corrected chi connectivity index (χ2v) is 5.74. The fraction of sp³-hybridized carbons (Fsp3) is 0.417. The number of hydrogen-bond donors (Lipinski definition) is 2. The number of amides is 1. The zero-order valence-corrected chi connectivity index (χ0v) is 12.2. The lowest BCUT2D eigenvalue weighted by atomic mass is 9.95. The van der Waals surface area contributed by atoms with Crippen molar-refractivity contribution in [1.82, 2.24) is 4.98 Å². The normalized spacial score (nSPS) is 22.2. The molecule has 0 unspecified atom stereocenters. The van der Waals surface area contributed by atoms with E-state index in [1.807, 2.05) is 0 Å². The van der Waals surface area contributed by atoms with Crippen molar-refractivity contribution in [3.05, 3.63) is 21.9 Å². The number of carboxylic acids is 1. The largest absolute Gasteiger partial charge is 0.481 e. The van der Waals surface area contributed by atoms with E-state index in [1.165, 1.54) is 6.20 Å². The molecule has 0 spiro atoms. The first-order chi connectivity index (χ1) is 8.99. The maximum atomic E-state index is 12.1. The number of nitrogens with zero attached hydrogens (tertiary/aromatic N) is 1. The Morgan fingerprint density at radius 3 is 2.79 bits per heavy atom. The van der Waals surface area contributed by atoms with E-state index >= 15 is 0 Å². The van der Waals surface area contributed by atoms with Crippen molar-refractivity contribution in [2.24, 2.45) is 11.8 Å². The maximum absolute atomic E-state index is 12.1. The van der Waals surface area contributed by atoms with Crippen LogP contribution in [-0.2, 0) is 9.59 Å². The van der Waals surface area contributed by atoms with Crippen LogP contribution in [0.4, 0.5) is 5.69 Å². The summed E-state index contributed by atoms with van der Waals surface area (Å²) in [5.74, 6) is -2.35. The monoisotopic (exact) mass is 346 g/mol. The number of hydrogen-bond acceptors (Lipinski definition) is 3. The third-order valence-corrected chi connectivity index (χ3v) is 3.97. The Morgan fingerprint density at radius 2 is 2.11 bits per heavy atom. The fourth-order valence-corrected chi connectivity index (χ4v) is 2.79. The number of anilines is 1. The second kappa shape index (κ2) is 5.88. The van der Waals surface area contributed by atoms with Crippen LogP contribution in [0.2, 0.25) is 5.15 Å². The molecule has 2 atom stereocenters. The molecule has 102 valence electrons. The van der Waals surface area contributed by atoms with Crippen LogP contribution >= 0.6 is 27.5 Å². The van der Waals surface area contributed by atoms with E-state index in [1.54, 1.807) is 6.07 Å². The van der Waals surface area contributed by atoms with Crippen molar-refractivity contribution < 1.29 is 14.7 Å². The van der Waals surface area contributed by atoms with Gasteiger partial charge in [0, 0.05) is 10.7 Å². The van der Waals surface area contributed by atoms with E-state index in [-0.39, 0.29) is 11.1 Å². The molecule has 1 amide bonds. The number of aliphatic carboxylic acids is 1. The predicted molar refractivity (Wildman–Crippen MR) is 74.0 cm³/mol. The van der Waals surface area contributed by atoms with E-state index in [4.69, 9.17) is 16.7 Å². The molecule has 0 bridgehead atoms. The third-order valence-electron chi connectivity index (χ3n) is 3.23. The van der Waals surface area contributed by atoms with Crippen LogP contribution in [0, 0.1) is 11.8 Å². The average Bonchev–Trinajstić information content (AvgIpc) is 2.83. The summed E-state index contributed by atoms with van der Waals surface area (Å²) in [6, 6.07) is 1.64. The lowest BCUT2D eigenvalue weighted by Crippen LogP contribution is -2.30. The number of rotatable bonds is 3. The van der Waals surface area contributed by atoms with Crippen LogP contribution in [0.25, 0.3) is 0 Å². The summed E-state index contributed by atoms with van der Waals surface area (Å²) in [4.78, 5) is 27.1. The summed E-state index contributed by atoms with van der Waals surface area (Å²) >= 11 is 9.12. The van der Waals surface area contributed by atoms with E-state index in [2.05, 4.69) is 26.2 Å². The highest BCUT2D eigenvalue weighted by Gasteiger charge is 2.37. The Labute approximate surface area is 123 Å². The summed E-state index contributed by atoms with van der Waals surface area (Å²) in [6.07, 6.45) is 3.40. The highest BCUT2D eigenvalue weighted by Crippen LogP contribution is 2.33. The molecule has 1 aliphatic carbocycles. The Bertz CT molecular complexity index is 524. The SMILES string of the molecule is O=C(O)[C@H]1CCC[C@H]1C(=O)Nc1cc(Br)cnc1Cl. The number of aromatic nitrogens is 1. The van der Waals surface area contributed by atoms with Crippen LogP contribution in [0.1, 0.15) is 19.3 Å². The summed E-state index contributed by atoms with van der Waals surface area (Å²) < 4.78 is 0.688. The number of carbonyl (C=O) groups is 2. The number of nitrogens with one attached hydrogen (secondary N) is 1. The molecule has 0 aliphatic heterocycles. The van der Waals surface area contributed by atoms with Crippen molar-refractivity contribution in [3.8, 4) is 0 Å². The molecule has 0 aromatic carbocycles. The van der Waals surface area contributed by atoms with Gasteiger partial charge in [0.25, 0.3) is 0 Å². The zero-order valence-electron chi connectivity index (χ0n) is 9.90. The van der Waals surface area contributed by atoms with Crippen molar-refractivity contribution in [2.45, 2.75) is 19.3 Å². The minimum Gasteiger partial charge on any atom is -0.481 e. The predicted octanol–water partition coefficient (Wildman–Crippen LogP) is 2.94. The minimum atomic E-state index is -0.920. The summed E-state index contributed by atoms with van der Waals surface area (Å²) in [7, 11) is 0. The Morgan fingerprint density at radius 1 is 1.42 bits per heavy atom. The Kier molecular flexibility index (Phi) is 4.42. The average molecular weight is 348 g/mol. The zero-order chi connectivity index (χ0) is 14.0. The smallest absolute Gasteiger partial charge is 0.307 e. The van der Waals surface area contributed by atoms with Crippen LogP contribution in [0.15, 0.2) is 16.7 Å². The van der Waals surface area contributed by atoms with Gasteiger partial charge in [-0.1, -0.05) is 18.0 Å². The van der Waals surface area contributed by atoms with Gasteiger partial charge in [0.15, 0.2) is 5.15 Å². The van der Waals surface area contributed by atoms with Gasteiger partial charge in [0.1, 0.15) is 0 Å². The highest BCUT2D eigenvalue weighted by molar-refractivity contribution is 9.10. The fourth-order valence-electron chi connectivity index (χ4n) is 2.31. The number of halogens is 2. The summed E-state index contributed by atoms with van der Waals surface area (Å²) in [5.41, 5.74) is 0.386. The second-order valence-electron chi connectivity index (χ2n) is 4.46. The van der Waals surface area contributed by atoms with Gasteiger partial charge >= 0.3 is 5.97 Å². The molecule has 1 saturated carbocycles. The van der Waals surface area contributed by atoms with Gasteiger partial charge in [-0.05, 0) is 34.8 Å². The first-order valence-electron chi connectivity index (χ1n) is 5.83. The van der Waals surface area contributed by atoms with E-state index in [0.29, 0.717) is 23.0 Å². The van der Waals surface area contributed by atoms with Crippen LogP contribution in [0.3, 0.4) is 0 Å². The molecule has 19 heavy (non-hydrogen) atoms. The van der Waals surface area contributed by atoms with Gasteiger partial charge in [0.2, 0.25) is 5.91 Å². The van der Waals surface area contributed by atoms with Crippen LogP contribution in [-0.4, -0.2) is 22.0 Å². The first-order valence-corrected chi connectivity index (χ1v) is 7.01. The Balaban J connectivity index is 2.12. The molecule has 5 nitrogen and oxygen atoms in total. The van der Waals surface area contributed by atoms with Crippen molar-refractivity contribution in [2.75, 3.05) is 5.32 Å². The third kappa shape index (κ3) is 3.25. The molecule has 2 N–H and O–H groups in total. The van der Waals surface area contributed by atoms with E-state index < -0.39 is 17.8 Å². The molecule has 1 fully saturated rings. The molecular weight excluding hydrogens is 336 g/mol. The van der Waals surface area contributed by atoms with Gasteiger partial charge in [-0.25, -0.2) is 4.98 Å². The molecule has 7 heteroatoms. The molecule has 0 radical (unpaired) electrons. The number of carbonyl (C=O) groups excluding carboxylic acids is 1. The minimum absolute atomic E-state index is 0.182. The van der Waals surface area contributed by atoms with Gasteiger partial charge in [0.05, 0.1) is 17.5 Å². The number of carboxylic acid groups (broad SMARTS) is 1. The molecule has 0 saturated heterocycles. The highest BCUT2D eigenvalue weighted by atomic mass is 79.9. The molecule has 1 aliphatic rings. The molecule has 2 rings (SSSR count). The first kappa shape index (κ1) is 14.3. The van der Waals surface area contributed by atoms with Crippen molar-refractivity contribution in [1.29, 1.82) is 0 Å². The maximum Gasteiger partial charge on any atom is 0.307 e. The van der Waals surface area contributed by atoms with Crippen molar-refractivity contribution in [3.63, 3.8) is 0 Å². The standard InChI is InChI=1S/C12H12BrClN2O3/c13-6-4-9(10(14)15-5-6)16-11(17)7-2-1-3-8(7)12(18)19/h4-5,7-8H,1-3H2,(H,16,17)(H,18,19)/t7-,8+/m1/s1. The van der Waals surface area contributed by atoms with Gasteiger partial charge in [-0.2, -0.15) is 0 Å². The van der Waals surface area contributed by atoms with Crippen molar-refractivity contribution >= 4 is 45.1 Å². The summed E-state index contributed by atoms with van der Waals surface area (Å²) in [6.45, 7) is 0. The van der Waals surface area contributed by atoms with Gasteiger partial charge in [-0.15, -0.1) is 0 Å². The van der Waals surface area contributed by atoms with E-state index in [0.717, 1.165) is 6.42 Å². The van der Waals surface area contributed by atoms with Crippen LogP contribution in [0.5, 0.6) is 0 Å². The number of pyridine rings is 1. The van der Waals surface area contributed by atoms with Crippen LogP contribution < -0.4 is 5.32 Å². The summed E-state index contributed by atoms with van der Waals surface area (Å²) in [5, 5.41) is 11.9. The Hall–Kier alpha value is -1.14. The van der Waals surface area contributed by atoms with E-state index in [9.17, 15) is 9.59 Å². The lowest BCUT2D eigenvalue weighted by Gasteiger charge is -2.16. The topological polar surface area (TPSA) is 79.3 Å². The van der Waals surface area contributed by atoms with Gasteiger partial charge in [-0.3, -0.25) is 9.59 Å². The molecule has 1 aromatic rings. The quantitative estimate of drug-likeness (QED) is 0.824.